The fraction of sp³-hybridized carbons (Fsp3) is 0.444. The number of aliphatic hydroxyl groups excluding tert-OH is 2. The van der Waals surface area contributed by atoms with E-state index in [-0.39, 0.29) is 24.8 Å². The summed E-state index contributed by atoms with van der Waals surface area (Å²) in [6.07, 6.45) is 0.272. The van der Waals surface area contributed by atoms with Gasteiger partial charge >= 0.3 is 0 Å². The number of aliphatic hydroxyl groups is 2. The number of rotatable bonds is 4. The maximum Gasteiger partial charge on any atom is 0.276 e. The molecule has 2 aromatic rings. The van der Waals surface area contributed by atoms with Crippen LogP contribution in [0.4, 0.5) is 0 Å². The second-order valence-electron chi connectivity index (χ2n) is 6.54. The Labute approximate surface area is 140 Å². The lowest BCUT2D eigenvalue weighted by Crippen LogP contribution is -2.56. The normalized spacial score (nSPS) is 24.1. The molecule has 0 saturated carbocycles. The van der Waals surface area contributed by atoms with Crippen molar-refractivity contribution in [2.75, 3.05) is 19.7 Å². The molecule has 6 nitrogen and oxygen atoms in total. The Hall–Kier alpha value is -2.18. The van der Waals surface area contributed by atoms with E-state index in [2.05, 4.69) is 5.16 Å². The molecule has 1 aromatic carbocycles. The van der Waals surface area contributed by atoms with E-state index in [9.17, 15) is 15.0 Å². The number of nitrogens with zero attached hydrogens (tertiary/aromatic N) is 2. The lowest BCUT2D eigenvalue weighted by Gasteiger charge is -2.45. The molecule has 0 bridgehead atoms. The van der Waals surface area contributed by atoms with Crippen molar-refractivity contribution < 1.29 is 19.5 Å². The highest BCUT2D eigenvalue weighted by Gasteiger charge is 2.44. The number of carbonyl (C=O) groups excluding carboxylic acids is 1. The molecule has 1 aliphatic heterocycles. The fourth-order valence-electron chi connectivity index (χ4n) is 3.34. The zero-order chi connectivity index (χ0) is 17.2. The van der Waals surface area contributed by atoms with Crippen molar-refractivity contribution in [3.63, 3.8) is 0 Å². The van der Waals surface area contributed by atoms with Gasteiger partial charge in [0, 0.05) is 24.6 Å². The first kappa shape index (κ1) is 16.7. The minimum Gasteiger partial charge on any atom is -0.396 e. The van der Waals surface area contributed by atoms with E-state index in [1.165, 1.54) is 0 Å². The number of benzene rings is 1. The van der Waals surface area contributed by atoms with Gasteiger partial charge < -0.3 is 19.6 Å². The molecule has 0 unspecified atom stereocenters. The molecule has 2 N–H and O–H groups in total. The highest BCUT2D eigenvalue weighted by atomic mass is 16.5. The summed E-state index contributed by atoms with van der Waals surface area (Å²) in [5.41, 5.74) is 0.515. The number of amides is 1. The van der Waals surface area contributed by atoms with Gasteiger partial charge in [0.05, 0.1) is 12.7 Å². The Balaban J connectivity index is 1.82. The Bertz CT molecular complexity index is 700. The summed E-state index contributed by atoms with van der Waals surface area (Å²) in [7, 11) is 0. The molecule has 0 aliphatic carbocycles. The number of aromatic nitrogens is 1. The van der Waals surface area contributed by atoms with Gasteiger partial charge in [-0.3, -0.25) is 4.79 Å². The Morgan fingerprint density at radius 3 is 2.79 bits per heavy atom. The zero-order valence-electron chi connectivity index (χ0n) is 13.7. The van der Waals surface area contributed by atoms with Gasteiger partial charge in [-0.1, -0.05) is 35.5 Å². The third kappa shape index (κ3) is 3.20. The van der Waals surface area contributed by atoms with Gasteiger partial charge in [0.25, 0.3) is 5.91 Å². The number of piperidine rings is 1. The van der Waals surface area contributed by atoms with Gasteiger partial charge in [-0.15, -0.1) is 0 Å². The predicted molar refractivity (Wildman–Crippen MR) is 87.4 cm³/mol. The first-order chi connectivity index (χ1) is 11.5. The van der Waals surface area contributed by atoms with Crippen molar-refractivity contribution in [1.82, 2.24) is 10.1 Å². The van der Waals surface area contributed by atoms with Gasteiger partial charge in [0.1, 0.15) is 5.76 Å². The van der Waals surface area contributed by atoms with E-state index in [0.717, 1.165) is 5.56 Å². The van der Waals surface area contributed by atoms with Crippen LogP contribution in [0.15, 0.2) is 40.9 Å². The Morgan fingerprint density at radius 2 is 2.17 bits per heavy atom. The second kappa shape index (κ2) is 6.75. The standard InChI is InChI=1S/C18H22N2O4/c1-13-9-15(19-24-13)17(23)20-8-7-16(22)18(11-20,12-21)10-14-5-3-2-4-6-14/h2-6,9,16,21-22H,7-8,10-12H2,1H3/t16-,18+/m1/s1. The predicted octanol–water partition coefficient (Wildman–Crippen LogP) is 1.41. The molecule has 2 atom stereocenters. The van der Waals surface area contributed by atoms with Crippen molar-refractivity contribution in [1.29, 1.82) is 0 Å². The van der Waals surface area contributed by atoms with Crippen LogP contribution in [0.25, 0.3) is 0 Å². The van der Waals surface area contributed by atoms with Crippen LogP contribution in [0.5, 0.6) is 0 Å². The maximum atomic E-state index is 12.6. The molecule has 0 spiro atoms. The van der Waals surface area contributed by atoms with Crippen molar-refractivity contribution >= 4 is 5.91 Å². The van der Waals surface area contributed by atoms with Crippen LogP contribution in [0, 0.1) is 12.3 Å². The van der Waals surface area contributed by atoms with Crippen LogP contribution in [0.3, 0.4) is 0 Å². The molecule has 128 valence electrons. The first-order valence-electron chi connectivity index (χ1n) is 8.09. The Kier molecular flexibility index (Phi) is 4.69. The molecule has 1 fully saturated rings. The van der Waals surface area contributed by atoms with Gasteiger partial charge in [-0.25, -0.2) is 0 Å². The highest BCUT2D eigenvalue weighted by Crippen LogP contribution is 2.34. The molecule has 1 saturated heterocycles. The van der Waals surface area contributed by atoms with E-state index in [1.54, 1.807) is 17.9 Å². The van der Waals surface area contributed by atoms with Crippen LogP contribution >= 0.6 is 0 Å². The van der Waals surface area contributed by atoms with Crippen molar-refractivity contribution in [2.45, 2.75) is 25.9 Å². The second-order valence-corrected chi connectivity index (χ2v) is 6.54. The van der Waals surface area contributed by atoms with Gasteiger partial charge in [-0.2, -0.15) is 0 Å². The Morgan fingerprint density at radius 1 is 1.42 bits per heavy atom. The molecule has 1 amide bonds. The molecule has 24 heavy (non-hydrogen) atoms. The summed E-state index contributed by atoms with van der Waals surface area (Å²) in [4.78, 5) is 14.3. The van der Waals surface area contributed by atoms with Crippen LogP contribution in [-0.2, 0) is 6.42 Å². The van der Waals surface area contributed by atoms with Crippen molar-refractivity contribution in [3.05, 3.63) is 53.4 Å². The summed E-state index contributed by atoms with van der Waals surface area (Å²) >= 11 is 0. The number of aryl methyl sites for hydroxylation is 1. The van der Waals surface area contributed by atoms with Gasteiger partial charge in [0.15, 0.2) is 5.69 Å². The third-order valence-corrected chi connectivity index (χ3v) is 4.73. The van der Waals surface area contributed by atoms with Crippen LogP contribution in [0.2, 0.25) is 0 Å². The number of likely N-dealkylation sites (tertiary alicyclic amines) is 1. The summed E-state index contributed by atoms with van der Waals surface area (Å²) in [5.74, 6) is 0.345. The quantitative estimate of drug-likeness (QED) is 0.885. The molecule has 2 heterocycles. The van der Waals surface area contributed by atoms with Gasteiger partial charge in [0.2, 0.25) is 0 Å². The van der Waals surface area contributed by atoms with E-state index in [1.807, 2.05) is 30.3 Å². The largest absolute Gasteiger partial charge is 0.396 e. The summed E-state index contributed by atoms with van der Waals surface area (Å²) in [5, 5.41) is 24.3. The van der Waals surface area contributed by atoms with Crippen LogP contribution in [0.1, 0.15) is 28.2 Å². The fourth-order valence-corrected chi connectivity index (χ4v) is 3.34. The van der Waals surface area contributed by atoms with Crippen LogP contribution < -0.4 is 0 Å². The smallest absolute Gasteiger partial charge is 0.276 e. The summed E-state index contributed by atoms with van der Waals surface area (Å²) in [6.45, 7) is 2.26. The third-order valence-electron chi connectivity index (χ3n) is 4.73. The lowest BCUT2D eigenvalue weighted by molar-refractivity contribution is -0.0670. The minimum absolute atomic E-state index is 0.190. The van der Waals surface area contributed by atoms with Crippen molar-refractivity contribution in [3.8, 4) is 0 Å². The van der Waals surface area contributed by atoms with Crippen molar-refractivity contribution in [2.24, 2.45) is 5.41 Å². The topological polar surface area (TPSA) is 86.8 Å². The van der Waals surface area contributed by atoms with E-state index in [4.69, 9.17) is 4.52 Å². The number of hydrogen-bond donors (Lipinski definition) is 2. The van der Waals surface area contributed by atoms with Crippen LogP contribution in [-0.4, -0.2) is 52.0 Å². The lowest BCUT2D eigenvalue weighted by atomic mass is 9.73. The SMILES string of the molecule is Cc1cc(C(=O)N2CC[C@@H](O)[C@@](CO)(Cc3ccccc3)C2)no1. The monoisotopic (exact) mass is 330 g/mol. The van der Waals surface area contributed by atoms with E-state index in [0.29, 0.717) is 25.1 Å². The minimum atomic E-state index is -0.770. The average Bonchev–Trinajstić information content (AvgIpc) is 3.03. The highest BCUT2D eigenvalue weighted by molar-refractivity contribution is 5.92. The van der Waals surface area contributed by atoms with E-state index < -0.39 is 11.5 Å². The summed E-state index contributed by atoms with van der Waals surface area (Å²) in [6, 6.07) is 11.3. The molecular formula is C18H22N2O4. The summed E-state index contributed by atoms with van der Waals surface area (Å²) < 4.78 is 4.98. The maximum absolute atomic E-state index is 12.6. The molecule has 3 rings (SSSR count). The zero-order valence-corrected chi connectivity index (χ0v) is 13.7. The molecule has 0 radical (unpaired) electrons. The van der Waals surface area contributed by atoms with E-state index >= 15 is 0 Å². The van der Waals surface area contributed by atoms with Gasteiger partial charge in [-0.05, 0) is 25.3 Å². The molecular weight excluding hydrogens is 308 g/mol. The number of hydrogen-bond acceptors (Lipinski definition) is 5. The molecule has 1 aliphatic rings. The number of carbonyl (C=O) groups is 1. The average molecular weight is 330 g/mol. The molecule has 1 aromatic heterocycles. The first-order valence-corrected chi connectivity index (χ1v) is 8.09. The molecule has 6 heteroatoms.